The summed E-state index contributed by atoms with van der Waals surface area (Å²) in [5.41, 5.74) is -4.05. The van der Waals surface area contributed by atoms with Gasteiger partial charge < -0.3 is 0 Å². The second-order valence-corrected chi connectivity index (χ2v) is 5.22. The van der Waals surface area contributed by atoms with Crippen LogP contribution < -0.4 is 0 Å². The van der Waals surface area contributed by atoms with Gasteiger partial charge in [-0.3, -0.25) is 4.79 Å². The van der Waals surface area contributed by atoms with Crippen molar-refractivity contribution in [3.05, 3.63) is 29.3 Å². The highest BCUT2D eigenvalue weighted by Crippen LogP contribution is 2.41. The fourth-order valence-electron chi connectivity index (χ4n) is 1.53. The van der Waals surface area contributed by atoms with Crippen LogP contribution in [0.2, 0.25) is 0 Å². The lowest BCUT2D eigenvalue weighted by atomic mass is 10.0. The number of hydrogen-bond donors (Lipinski definition) is 0. The first kappa shape index (κ1) is 15.9. The molecule has 2 nitrogen and oxygen atoms in total. The van der Waals surface area contributed by atoms with Crippen LogP contribution in [0.25, 0.3) is 0 Å². The van der Waals surface area contributed by atoms with Gasteiger partial charge in [-0.15, -0.1) is 11.6 Å². The molecule has 0 N–H and O–H groups in total. The van der Waals surface area contributed by atoms with E-state index in [-0.39, 0.29) is 40.0 Å². The standard InChI is InChI=1S/C12H9ClF3NOS/c1-7(18)11(13)9-3-2-4-10(8(9)5-6-17)19-12(14,15)16/h2-4,11H,5H2,1H3. The van der Waals surface area contributed by atoms with Gasteiger partial charge in [-0.25, -0.2) is 0 Å². The highest BCUT2D eigenvalue weighted by atomic mass is 35.5. The zero-order chi connectivity index (χ0) is 14.6. The highest BCUT2D eigenvalue weighted by molar-refractivity contribution is 8.00. The van der Waals surface area contributed by atoms with E-state index in [0.29, 0.717) is 0 Å². The van der Waals surface area contributed by atoms with Gasteiger partial charge in [0.15, 0.2) is 5.78 Å². The number of benzene rings is 1. The minimum atomic E-state index is -4.46. The molecule has 0 aliphatic heterocycles. The largest absolute Gasteiger partial charge is 0.446 e. The SMILES string of the molecule is CC(=O)C(Cl)c1cccc(SC(F)(F)F)c1CC#N. The third-order valence-electron chi connectivity index (χ3n) is 2.28. The zero-order valence-corrected chi connectivity index (χ0v) is 11.4. The quantitative estimate of drug-likeness (QED) is 0.617. The first-order valence-corrected chi connectivity index (χ1v) is 6.40. The summed E-state index contributed by atoms with van der Waals surface area (Å²) >= 11 is 5.57. The Morgan fingerprint density at radius 2 is 2.16 bits per heavy atom. The minimum absolute atomic E-state index is 0.0987. The van der Waals surface area contributed by atoms with Crippen LogP contribution in [0.15, 0.2) is 23.1 Å². The molecule has 19 heavy (non-hydrogen) atoms. The molecule has 0 saturated carbocycles. The lowest BCUT2D eigenvalue weighted by Crippen LogP contribution is -2.08. The van der Waals surface area contributed by atoms with E-state index in [0.717, 1.165) is 0 Å². The van der Waals surface area contributed by atoms with E-state index in [1.165, 1.54) is 25.1 Å². The zero-order valence-electron chi connectivity index (χ0n) is 9.79. The fourth-order valence-corrected chi connectivity index (χ4v) is 2.44. The van der Waals surface area contributed by atoms with Crippen LogP contribution in [0, 0.1) is 11.3 Å². The summed E-state index contributed by atoms with van der Waals surface area (Å²) in [6.45, 7) is 1.25. The molecule has 1 rings (SSSR count). The molecule has 0 bridgehead atoms. The van der Waals surface area contributed by atoms with Crippen molar-refractivity contribution in [2.24, 2.45) is 0 Å². The number of Topliss-reactive ketones (excluding diaryl/α,β-unsaturated/α-hetero) is 1. The lowest BCUT2D eigenvalue weighted by molar-refractivity contribution is -0.116. The molecule has 0 aliphatic carbocycles. The third kappa shape index (κ3) is 4.44. The van der Waals surface area contributed by atoms with Crippen LogP contribution in [0.3, 0.4) is 0 Å². The number of ketones is 1. The molecular weight excluding hydrogens is 299 g/mol. The number of alkyl halides is 4. The van der Waals surface area contributed by atoms with Crippen molar-refractivity contribution in [2.45, 2.75) is 29.1 Å². The third-order valence-corrected chi connectivity index (χ3v) is 3.66. The van der Waals surface area contributed by atoms with Gasteiger partial charge in [0, 0.05) is 4.90 Å². The van der Waals surface area contributed by atoms with Gasteiger partial charge in [-0.05, 0) is 35.9 Å². The number of carbonyl (C=O) groups is 1. The second kappa shape index (κ2) is 6.31. The van der Waals surface area contributed by atoms with Gasteiger partial charge in [0.05, 0.1) is 12.5 Å². The number of thioether (sulfide) groups is 1. The molecule has 1 aromatic carbocycles. The van der Waals surface area contributed by atoms with Crippen molar-refractivity contribution in [1.29, 1.82) is 5.26 Å². The molecule has 1 aromatic rings. The summed E-state index contributed by atoms with van der Waals surface area (Å²) in [7, 11) is 0. The maximum absolute atomic E-state index is 12.4. The molecule has 0 fully saturated rings. The van der Waals surface area contributed by atoms with Gasteiger partial charge in [0.2, 0.25) is 0 Å². The summed E-state index contributed by atoms with van der Waals surface area (Å²) < 4.78 is 37.3. The molecule has 0 aliphatic rings. The Morgan fingerprint density at radius 1 is 1.53 bits per heavy atom. The van der Waals surface area contributed by atoms with Crippen molar-refractivity contribution in [1.82, 2.24) is 0 Å². The van der Waals surface area contributed by atoms with Crippen molar-refractivity contribution in [3.63, 3.8) is 0 Å². The normalized spacial score (nSPS) is 12.8. The molecule has 1 atom stereocenters. The molecule has 1 unspecified atom stereocenters. The number of carbonyl (C=O) groups excluding carboxylic acids is 1. The van der Waals surface area contributed by atoms with E-state index in [9.17, 15) is 18.0 Å². The smallest absolute Gasteiger partial charge is 0.298 e. The Labute approximate surface area is 117 Å². The number of hydrogen-bond acceptors (Lipinski definition) is 3. The fraction of sp³-hybridized carbons (Fsp3) is 0.333. The van der Waals surface area contributed by atoms with E-state index < -0.39 is 10.9 Å². The van der Waals surface area contributed by atoms with Crippen LogP contribution >= 0.6 is 23.4 Å². The van der Waals surface area contributed by atoms with E-state index in [4.69, 9.17) is 16.9 Å². The molecular formula is C12H9ClF3NOS. The first-order valence-electron chi connectivity index (χ1n) is 5.15. The molecule has 102 valence electrons. The van der Waals surface area contributed by atoms with Crippen LogP contribution in [-0.4, -0.2) is 11.3 Å². The highest BCUT2D eigenvalue weighted by Gasteiger charge is 2.31. The van der Waals surface area contributed by atoms with Gasteiger partial charge >= 0.3 is 5.51 Å². The average Bonchev–Trinajstić information content (AvgIpc) is 2.28. The van der Waals surface area contributed by atoms with Crippen molar-refractivity contribution in [3.8, 4) is 6.07 Å². The Hall–Kier alpha value is -1.19. The molecule has 0 saturated heterocycles. The van der Waals surface area contributed by atoms with Crippen molar-refractivity contribution >= 4 is 29.1 Å². The maximum Gasteiger partial charge on any atom is 0.446 e. The van der Waals surface area contributed by atoms with E-state index >= 15 is 0 Å². The van der Waals surface area contributed by atoms with E-state index in [1.807, 2.05) is 0 Å². The summed E-state index contributed by atoms with van der Waals surface area (Å²) in [4.78, 5) is 11.2. The molecule has 0 radical (unpaired) electrons. The topological polar surface area (TPSA) is 40.9 Å². The van der Waals surface area contributed by atoms with E-state index in [2.05, 4.69) is 0 Å². The van der Waals surface area contributed by atoms with Crippen LogP contribution in [-0.2, 0) is 11.2 Å². The predicted octanol–water partition coefficient (Wildman–Crippen LogP) is 4.23. The van der Waals surface area contributed by atoms with Gasteiger partial charge in [0.25, 0.3) is 0 Å². The number of nitrogens with zero attached hydrogens (tertiary/aromatic N) is 1. The first-order chi connectivity index (χ1) is 8.76. The Morgan fingerprint density at radius 3 is 2.63 bits per heavy atom. The van der Waals surface area contributed by atoms with E-state index in [1.54, 1.807) is 6.07 Å². The number of nitriles is 1. The molecule has 0 amide bonds. The summed E-state index contributed by atoms with van der Waals surface area (Å²) in [6, 6.07) is 5.91. The van der Waals surface area contributed by atoms with Gasteiger partial charge in [-0.1, -0.05) is 12.1 Å². The Bertz CT molecular complexity index is 525. The second-order valence-electron chi connectivity index (χ2n) is 3.68. The molecule has 7 heteroatoms. The summed E-state index contributed by atoms with van der Waals surface area (Å²) in [5, 5.41) is 7.67. The summed E-state index contributed by atoms with van der Waals surface area (Å²) in [6.07, 6.45) is -0.231. The average molecular weight is 308 g/mol. The predicted molar refractivity (Wildman–Crippen MR) is 66.9 cm³/mol. The number of halogens is 4. The molecule has 0 spiro atoms. The Balaban J connectivity index is 3.30. The van der Waals surface area contributed by atoms with Crippen LogP contribution in [0.5, 0.6) is 0 Å². The monoisotopic (exact) mass is 307 g/mol. The lowest BCUT2D eigenvalue weighted by Gasteiger charge is -2.15. The van der Waals surface area contributed by atoms with Gasteiger partial charge in [-0.2, -0.15) is 18.4 Å². The minimum Gasteiger partial charge on any atom is -0.298 e. The number of rotatable bonds is 4. The molecule has 0 heterocycles. The summed E-state index contributed by atoms with van der Waals surface area (Å²) in [5.74, 6) is -0.380. The van der Waals surface area contributed by atoms with Crippen LogP contribution in [0.1, 0.15) is 23.4 Å². The van der Waals surface area contributed by atoms with Gasteiger partial charge in [0.1, 0.15) is 5.38 Å². The Kier molecular flexibility index (Phi) is 5.27. The van der Waals surface area contributed by atoms with Crippen molar-refractivity contribution in [2.75, 3.05) is 0 Å². The molecule has 0 aromatic heterocycles. The maximum atomic E-state index is 12.4. The van der Waals surface area contributed by atoms with Crippen LogP contribution in [0.4, 0.5) is 13.2 Å². The van der Waals surface area contributed by atoms with Crippen molar-refractivity contribution < 1.29 is 18.0 Å².